The van der Waals surface area contributed by atoms with Gasteiger partial charge in [-0.25, -0.2) is 9.97 Å². The first-order chi connectivity index (χ1) is 11.7. The van der Waals surface area contributed by atoms with Crippen LogP contribution in [0.2, 0.25) is 0 Å². The SMILES string of the molecule is NC(=O)C(S)c1cnc(N(c2ccccc2)c2ccccc2)nc1. The van der Waals surface area contributed by atoms with Gasteiger partial charge in [-0.3, -0.25) is 9.69 Å². The molecule has 3 rings (SSSR count). The van der Waals surface area contributed by atoms with Crippen molar-refractivity contribution >= 4 is 35.9 Å². The Hall–Kier alpha value is -2.86. The molecule has 0 radical (unpaired) electrons. The highest BCUT2D eigenvalue weighted by Gasteiger charge is 2.17. The zero-order chi connectivity index (χ0) is 16.9. The maximum absolute atomic E-state index is 11.2. The molecule has 0 saturated heterocycles. The first-order valence-electron chi connectivity index (χ1n) is 7.36. The lowest BCUT2D eigenvalue weighted by Crippen LogP contribution is -2.18. The maximum atomic E-state index is 11.2. The average molecular weight is 336 g/mol. The van der Waals surface area contributed by atoms with Crippen molar-refractivity contribution in [2.75, 3.05) is 4.90 Å². The summed E-state index contributed by atoms with van der Waals surface area (Å²) in [7, 11) is 0. The molecule has 0 aliphatic heterocycles. The minimum absolute atomic E-state index is 0.501. The molecule has 0 bridgehead atoms. The van der Waals surface area contributed by atoms with Crippen molar-refractivity contribution in [1.29, 1.82) is 0 Å². The number of primary amides is 1. The molecule has 0 saturated carbocycles. The van der Waals surface area contributed by atoms with Gasteiger partial charge in [0.05, 0.1) is 0 Å². The van der Waals surface area contributed by atoms with E-state index in [9.17, 15) is 4.79 Å². The second-order valence-electron chi connectivity index (χ2n) is 5.13. The standard InChI is InChI=1S/C18H16N4OS/c19-17(23)16(24)13-11-20-18(21-12-13)22(14-7-3-1-4-8-14)15-9-5-2-6-10-15/h1-12,16,24H,(H2,19,23). The normalized spacial score (nSPS) is 11.7. The highest BCUT2D eigenvalue weighted by molar-refractivity contribution is 7.81. The number of amides is 1. The number of para-hydroxylation sites is 2. The average Bonchev–Trinajstić information content (AvgIpc) is 2.64. The second kappa shape index (κ2) is 7.14. The van der Waals surface area contributed by atoms with Crippen LogP contribution in [0.1, 0.15) is 10.8 Å². The van der Waals surface area contributed by atoms with Crippen molar-refractivity contribution in [1.82, 2.24) is 9.97 Å². The molecule has 1 atom stereocenters. The molecule has 0 fully saturated rings. The van der Waals surface area contributed by atoms with Crippen LogP contribution < -0.4 is 10.6 Å². The summed E-state index contributed by atoms with van der Waals surface area (Å²) in [4.78, 5) is 22.0. The largest absolute Gasteiger partial charge is 0.368 e. The summed E-state index contributed by atoms with van der Waals surface area (Å²) >= 11 is 4.17. The molecule has 3 aromatic rings. The highest BCUT2D eigenvalue weighted by atomic mass is 32.1. The molecule has 0 spiro atoms. The van der Waals surface area contributed by atoms with Gasteiger partial charge in [-0.15, -0.1) is 0 Å². The summed E-state index contributed by atoms with van der Waals surface area (Å²) in [5, 5.41) is -0.721. The van der Waals surface area contributed by atoms with Gasteiger partial charge in [0.15, 0.2) is 0 Å². The summed E-state index contributed by atoms with van der Waals surface area (Å²) in [5.74, 6) is -0.0289. The predicted octanol–water partition coefficient (Wildman–Crippen LogP) is 3.40. The summed E-state index contributed by atoms with van der Waals surface area (Å²) < 4.78 is 0. The quantitative estimate of drug-likeness (QED) is 0.701. The number of nitrogens with zero attached hydrogens (tertiary/aromatic N) is 3. The van der Waals surface area contributed by atoms with Crippen molar-refractivity contribution in [2.45, 2.75) is 5.25 Å². The van der Waals surface area contributed by atoms with Gasteiger partial charge in [0, 0.05) is 29.3 Å². The van der Waals surface area contributed by atoms with Gasteiger partial charge in [0.2, 0.25) is 11.9 Å². The van der Waals surface area contributed by atoms with Gasteiger partial charge >= 0.3 is 0 Å². The van der Waals surface area contributed by atoms with Crippen molar-refractivity contribution in [3.05, 3.63) is 78.6 Å². The van der Waals surface area contributed by atoms with E-state index in [0.717, 1.165) is 11.4 Å². The van der Waals surface area contributed by atoms with Gasteiger partial charge in [-0.05, 0) is 24.3 Å². The van der Waals surface area contributed by atoms with E-state index in [1.165, 1.54) is 0 Å². The van der Waals surface area contributed by atoms with Crippen LogP contribution in [0.25, 0.3) is 0 Å². The van der Waals surface area contributed by atoms with Crippen LogP contribution in [0.5, 0.6) is 0 Å². The Morgan fingerprint density at radius 1 is 0.917 bits per heavy atom. The van der Waals surface area contributed by atoms with Crippen molar-refractivity contribution in [3.8, 4) is 0 Å². The minimum atomic E-state index is -0.721. The van der Waals surface area contributed by atoms with Crippen LogP contribution in [0.15, 0.2) is 73.1 Å². The Morgan fingerprint density at radius 3 is 1.79 bits per heavy atom. The number of carbonyl (C=O) groups is 1. The zero-order valence-corrected chi connectivity index (χ0v) is 13.7. The lowest BCUT2D eigenvalue weighted by Gasteiger charge is -2.23. The third-order valence-corrected chi connectivity index (χ3v) is 4.02. The lowest BCUT2D eigenvalue weighted by molar-refractivity contribution is -0.117. The Kier molecular flexibility index (Phi) is 4.77. The number of thiol groups is 1. The fraction of sp³-hybridized carbons (Fsp3) is 0.0556. The van der Waals surface area contributed by atoms with E-state index in [0.29, 0.717) is 11.5 Å². The molecule has 5 nitrogen and oxygen atoms in total. The Balaban J connectivity index is 2.02. The molecule has 1 amide bonds. The first-order valence-corrected chi connectivity index (χ1v) is 7.88. The van der Waals surface area contributed by atoms with E-state index in [4.69, 9.17) is 5.73 Å². The van der Waals surface area contributed by atoms with Gasteiger partial charge in [0.1, 0.15) is 5.25 Å². The fourth-order valence-electron chi connectivity index (χ4n) is 2.29. The zero-order valence-electron chi connectivity index (χ0n) is 12.8. The van der Waals surface area contributed by atoms with E-state index in [2.05, 4.69) is 22.6 Å². The van der Waals surface area contributed by atoms with E-state index >= 15 is 0 Å². The smallest absolute Gasteiger partial charge is 0.234 e. The number of rotatable bonds is 5. The van der Waals surface area contributed by atoms with Crippen LogP contribution in [0.3, 0.4) is 0 Å². The molecule has 1 unspecified atom stereocenters. The van der Waals surface area contributed by atoms with Crippen LogP contribution in [0, 0.1) is 0 Å². The van der Waals surface area contributed by atoms with Gasteiger partial charge in [0.25, 0.3) is 0 Å². The van der Waals surface area contributed by atoms with Gasteiger partial charge in [-0.1, -0.05) is 36.4 Å². The summed E-state index contributed by atoms with van der Waals surface area (Å²) in [6.45, 7) is 0. The molecule has 2 aromatic carbocycles. The van der Waals surface area contributed by atoms with Crippen LogP contribution >= 0.6 is 12.6 Å². The molecule has 0 aliphatic carbocycles. The lowest BCUT2D eigenvalue weighted by atomic mass is 10.2. The fourth-order valence-corrected chi connectivity index (χ4v) is 2.42. The highest BCUT2D eigenvalue weighted by Crippen LogP contribution is 2.31. The number of hydrogen-bond donors (Lipinski definition) is 2. The molecule has 6 heteroatoms. The summed E-state index contributed by atoms with van der Waals surface area (Å²) in [6.07, 6.45) is 3.15. The van der Waals surface area contributed by atoms with Gasteiger partial charge < -0.3 is 5.73 Å². The number of aromatic nitrogens is 2. The van der Waals surface area contributed by atoms with E-state index in [1.54, 1.807) is 12.4 Å². The molecule has 24 heavy (non-hydrogen) atoms. The number of benzene rings is 2. The molecule has 1 heterocycles. The Bertz CT molecular complexity index is 770. The summed E-state index contributed by atoms with van der Waals surface area (Å²) in [6, 6.07) is 19.7. The molecular weight excluding hydrogens is 320 g/mol. The van der Waals surface area contributed by atoms with Crippen LogP contribution in [0.4, 0.5) is 17.3 Å². The number of nitrogens with two attached hydrogens (primary N) is 1. The number of carbonyl (C=O) groups excluding carboxylic acids is 1. The van der Waals surface area contributed by atoms with E-state index in [1.807, 2.05) is 65.6 Å². The Labute approximate surface area is 145 Å². The molecule has 120 valence electrons. The monoisotopic (exact) mass is 336 g/mol. The third-order valence-electron chi connectivity index (χ3n) is 3.47. The van der Waals surface area contributed by atoms with Crippen molar-refractivity contribution in [2.24, 2.45) is 5.73 Å². The maximum Gasteiger partial charge on any atom is 0.234 e. The Morgan fingerprint density at radius 2 is 1.38 bits per heavy atom. The van der Waals surface area contributed by atoms with Crippen LogP contribution in [-0.4, -0.2) is 15.9 Å². The minimum Gasteiger partial charge on any atom is -0.368 e. The molecule has 0 aliphatic rings. The second-order valence-corrected chi connectivity index (χ2v) is 5.64. The molecule has 2 N–H and O–H groups in total. The molecular formula is C18H16N4OS. The summed E-state index contributed by atoms with van der Waals surface area (Å²) in [5.41, 5.74) is 7.71. The van der Waals surface area contributed by atoms with Gasteiger partial charge in [-0.2, -0.15) is 12.6 Å². The van der Waals surface area contributed by atoms with E-state index in [-0.39, 0.29) is 0 Å². The first kappa shape index (κ1) is 16.0. The third kappa shape index (κ3) is 3.38. The van der Waals surface area contributed by atoms with Crippen molar-refractivity contribution < 1.29 is 4.79 Å². The van der Waals surface area contributed by atoms with Crippen LogP contribution in [-0.2, 0) is 4.79 Å². The number of hydrogen-bond acceptors (Lipinski definition) is 5. The topological polar surface area (TPSA) is 72.1 Å². The van der Waals surface area contributed by atoms with Crippen molar-refractivity contribution in [3.63, 3.8) is 0 Å². The number of anilines is 3. The molecule has 1 aromatic heterocycles. The predicted molar refractivity (Wildman–Crippen MR) is 97.6 cm³/mol. The van der Waals surface area contributed by atoms with E-state index < -0.39 is 11.2 Å².